The minimum atomic E-state index is -0.267. The molecule has 1 aromatic heterocycles. The zero-order valence-corrected chi connectivity index (χ0v) is 13.0. The summed E-state index contributed by atoms with van der Waals surface area (Å²) in [4.78, 5) is 27.5. The van der Waals surface area contributed by atoms with Crippen molar-refractivity contribution in [2.24, 2.45) is 5.73 Å². The Balaban J connectivity index is 1.72. The van der Waals surface area contributed by atoms with E-state index < -0.39 is 0 Å². The number of hydrogen-bond acceptors (Lipinski definition) is 3. The van der Waals surface area contributed by atoms with Crippen molar-refractivity contribution in [3.8, 4) is 0 Å². The van der Waals surface area contributed by atoms with Crippen molar-refractivity contribution in [2.45, 2.75) is 31.2 Å². The maximum Gasteiger partial charge on any atom is 0.251 e. The fourth-order valence-electron chi connectivity index (χ4n) is 3.15. The first-order chi connectivity index (χ1) is 11.1. The second kappa shape index (κ2) is 6.38. The molecule has 5 heteroatoms. The monoisotopic (exact) mass is 311 g/mol. The molecular weight excluding hydrogens is 290 g/mol. The Morgan fingerprint density at radius 3 is 2.26 bits per heavy atom. The first kappa shape index (κ1) is 15.5. The Morgan fingerprint density at radius 2 is 1.70 bits per heavy atom. The van der Waals surface area contributed by atoms with Gasteiger partial charge in [-0.15, -0.1) is 0 Å². The van der Waals surface area contributed by atoms with Gasteiger partial charge in [0.15, 0.2) is 5.78 Å². The Morgan fingerprint density at radius 1 is 1.04 bits per heavy atom. The van der Waals surface area contributed by atoms with Crippen molar-refractivity contribution in [3.05, 3.63) is 59.4 Å². The summed E-state index contributed by atoms with van der Waals surface area (Å²) >= 11 is 0. The number of benzene rings is 1. The number of ketones is 1. The molecule has 3 rings (SSSR count). The molecule has 23 heavy (non-hydrogen) atoms. The van der Waals surface area contributed by atoms with Crippen LogP contribution in [-0.2, 0) is 0 Å². The summed E-state index contributed by atoms with van der Waals surface area (Å²) in [5, 5.41) is 3.08. The standard InChI is InChI=1S/C18H21N3O2/c19-12-18(8-1-2-9-18)21-17(23)14-5-3-13(4-6-14)16(22)15-7-10-20-11-15/h3-7,10-11,20H,1-2,8-9,12,19H2,(H,21,23). The lowest BCUT2D eigenvalue weighted by molar-refractivity contribution is 0.0902. The highest BCUT2D eigenvalue weighted by molar-refractivity contribution is 6.09. The van der Waals surface area contributed by atoms with Gasteiger partial charge in [0.2, 0.25) is 0 Å². The van der Waals surface area contributed by atoms with Gasteiger partial charge < -0.3 is 16.0 Å². The van der Waals surface area contributed by atoms with Gasteiger partial charge in [0, 0.05) is 35.6 Å². The summed E-state index contributed by atoms with van der Waals surface area (Å²) in [6, 6.07) is 8.48. The van der Waals surface area contributed by atoms with Crippen LogP contribution in [0.25, 0.3) is 0 Å². The largest absolute Gasteiger partial charge is 0.367 e. The lowest BCUT2D eigenvalue weighted by atomic mass is 9.97. The molecule has 1 aromatic carbocycles. The van der Waals surface area contributed by atoms with Crippen LogP contribution in [0.2, 0.25) is 0 Å². The molecule has 0 radical (unpaired) electrons. The molecular formula is C18H21N3O2. The van der Waals surface area contributed by atoms with Gasteiger partial charge in [0.1, 0.15) is 0 Å². The number of H-pyrrole nitrogens is 1. The number of amides is 1. The molecule has 1 aliphatic carbocycles. The molecule has 1 heterocycles. The summed E-state index contributed by atoms with van der Waals surface area (Å²) in [5.41, 5.74) is 7.31. The molecule has 0 aliphatic heterocycles. The molecule has 4 N–H and O–H groups in total. The van der Waals surface area contributed by atoms with E-state index in [1.54, 1.807) is 42.7 Å². The van der Waals surface area contributed by atoms with Gasteiger partial charge in [-0.05, 0) is 31.0 Å². The normalized spacial score (nSPS) is 16.2. The van der Waals surface area contributed by atoms with Crippen LogP contribution in [0.1, 0.15) is 52.0 Å². The fraction of sp³-hybridized carbons (Fsp3) is 0.333. The number of aromatic nitrogens is 1. The minimum absolute atomic E-state index is 0.0626. The lowest BCUT2D eigenvalue weighted by Gasteiger charge is -2.28. The van der Waals surface area contributed by atoms with E-state index in [9.17, 15) is 9.59 Å². The molecule has 0 atom stereocenters. The summed E-state index contributed by atoms with van der Waals surface area (Å²) < 4.78 is 0. The number of nitrogens with two attached hydrogens (primary N) is 1. The summed E-state index contributed by atoms with van der Waals surface area (Å²) in [7, 11) is 0. The molecule has 120 valence electrons. The van der Waals surface area contributed by atoms with E-state index in [1.807, 2.05) is 0 Å². The highest BCUT2D eigenvalue weighted by Crippen LogP contribution is 2.29. The van der Waals surface area contributed by atoms with Crippen molar-refractivity contribution in [1.82, 2.24) is 10.3 Å². The quantitative estimate of drug-likeness (QED) is 0.740. The van der Waals surface area contributed by atoms with E-state index in [-0.39, 0.29) is 17.2 Å². The van der Waals surface area contributed by atoms with Crippen molar-refractivity contribution in [1.29, 1.82) is 0 Å². The lowest BCUT2D eigenvalue weighted by Crippen LogP contribution is -2.51. The second-order valence-electron chi connectivity index (χ2n) is 6.15. The average Bonchev–Trinajstić information content (AvgIpc) is 3.26. The second-order valence-corrected chi connectivity index (χ2v) is 6.15. The van der Waals surface area contributed by atoms with E-state index >= 15 is 0 Å². The molecule has 0 unspecified atom stereocenters. The Hall–Kier alpha value is -2.40. The molecule has 1 aliphatic rings. The number of rotatable bonds is 5. The Bertz CT molecular complexity index is 684. The highest BCUT2D eigenvalue weighted by Gasteiger charge is 2.34. The average molecular weight is 311 g/mol. The SMILES string of the molecule is NCC1(NC(=O)c2ccc(C(=O)c3cc[nH]c3)cc2)CCCC1. The van der Waals surface area contributed by atoms with Crippen LogP contribution in [0.3, 0.4) is 0 Å². The molecule has 1 fully saturated rings. The maximum atomic E-state index is 12.4. The van der Waals surface area contributed by atoms with Crippen LogP contribution in [0, 0.1) is 0 Å². The third-order valence-electron chi connectivity index (χ3n) is 4.60. The number of hydrogen-bond donors (Lipinski definition) is 3. The van der Waals surface area contributed by atoms with Gasteiger partial charge >= 0.3 is 0 Å². The van der Waals surface area contributed by atoms with Crippen LogP contribution in [-0.4, -0.2) is 28.8 Å². The molecule has 5 nitrogen and oxygen atoms in total. The van der Waals surface area contributed by atoms with E-state index in [2.05, 4.69) is 10.3 Å². The van der Waals surface area contributed by atoms with Crippen molar-refractivity contribution < 1.29 is 9.59 Å². The van der Waals surface area contributed by atoms with Crippen molar-refractivity contribution >= 4 is 11.7 Å². The zero-order chi connectivity index (χ0) is 16.3. The predicted molar refractivity (Wildman–Crippen MR) is 88.4 cm³/mol. The summed E-state index contributed by atoms with van der Waals surface area (Å²) in [5.74, 6) is -0.189. The van der Waals surface area contributed by atoms with Crippen LogP contribution >= 0.6 is 0 Å². The highest BCUT2D eigenvalue weighted by atomic mass is 16.2. The first-order valence-corrected chi connectivity index (χ1v) is 7.94. The fourth-order valence-corrected chi connectivity index (χ4v) is 3.15. The molecule has 1 saturated carbocycles. The van der Waals surface area contributed by atoms with E-state index in [0.29, 0.717) is 23.2 Å². The van der Waals surface area contributed by atoms with Gasteiger partial charge in [-0.3, -0.25) is 9.59 Å². The number of carbonyl (C=O) groups excluding carboxylic acids is 2. The summed E-state index contributed by atoms with van der Waals surface area (Å²) in [6.07, 6.45) is 7.43. The molecule has 0 spiro atoms. The number of aromatic amines is 1. The Labute approximate surface area is 135 Å². The van der Waals surface area contributed by atoms with Gasteiger partial charge in [-0.1, -0.05) is 25.0 Å². The molecule has 0 saturated heterocycles. The third kappa shape index (κ3) is 3.19. The molecule has 1 amide bonds. The van der Waals surface area contributed by atoms with Gasteiger partial charge in [0.05, 0.1) is 5.54 Å². The van der Waals surface area contributed by atoms with Gasteiger partial charge in [-0.2, -0.15) is 0 Å². The maximum absolute atomic E-state index is 12.4. The van der Waals surface area contributed by atoms with Crippen LogP contribution in [0.4, 0.5) is 0 Å². The van der Waals surface area contributed by atoms with Gasteiger partial charge in [0.25, 0.3) is 5.91 Å². The van der Waals surface area contributed by atoms with Crippen molar-refractivity contribution in [2.75, 3.05) is 6.54 Å². The summed E-state index contributed by atoms with van der Waals surface area (Å²) in [6.45, 7) is 0.461. The molecule has 2 aromatic rings. The van der Waals surface area contributed by atoms with Crippen LogP contribution in [0.15, 0.2) is 42.7 Å². The topological polar surface area (TPSA) is 88.0 Å². The minimum Gasteiger partial charge on any atom is -0.367 e. The van der Waals surface area contributed by atoms with Crippen LogP contribution < -0.4 is 11.1 Å². The predicted octanol–water partition coefficient (Wildman–Crippen LogP) is 2.25. The molecule has 0 bridgehead atoms. The zero-order valence-electron chi connectivity index (χ0n) is 13.0. The number of nitrogens with one attached hydrogen (secondary N) is 2. The van der Waals surface area contributed by atoms with E-state index in [1.165, 1.54) is 0 Å². The van der Waals surface area contributed by atoms with Crippen LogP contribution in [0.5, 0.6) is 0 Å². The Kier molecular flexibility index (Phi) is 4.30. The van der Waals surface area contributed by atoms with E-state index in [0.717, 1.165) is 25.7 Å². The van der Waals surface area contributed by atoms with Gasteiger partial charge in [-0.25, -0.2) is 0 Å². The van der Waals surface area contributed by atoms with Crippen molar-refractivity contribution in [3.63, 3.8) is 0 Å². The smallest absolute Gasteiger partial charge is 0.251 e. The number of carbonyl (C=O) groups is 2. The third-order valence-corrected chi connectivity index (χ3v) is 4.60. The first-order valence-electron chi connectivity index (χ1n) is 7.94. The van der Waals surface area contributed by atoms with E-state index in [4.69, 9.17) is 5.73 Å².